The molecule has 5 nitrogen and oxygen atoms in total. The van der Waals surface area contributed by atoms with Crippen LogP contribution in [0.3, 0.4) is 0 Å². The van der Waals surface area contributed by atoms with Crippen LogP contribution in [-0.4, -0.2) is 38.8 Å². The molecule has 0 heterocycles. The molecule has 0 aromatic rings. The molecule has 7 heteroatoms. The molecular formula is C6H19NO4Si2. The molecule has 0 aromatic carbocycles. The van der Waals surface area contributed by atoms with E-state index in [1.165, 1.54) is 0 Å². The molecule has 0 saturated heterocycles. The van der Waals surface area contributed by atoms with Gasteiger partial charge in [-0.05, 0) is 20.8 Å². The molecule has 0 spiro atoms. The quantitative estimate of drug-likeness (QED) is 0.565. The van der Waals surface area contributed by atoms with Crippen LogP contribution in [0.15, 0.2) is 0 Å². The summed E-state index contributed by atoms with van der Waals surface area (Å²) >= 11 is 0. The molecule has 0 aliphatic carbocycles. The normalized spacial score (nSPS) is 12.9. The summed E-state index contributed by atoms with van der Waals surface area (Å²) in [5, 5.41) is 5.42. The third-order valence-corrected chi connectivity index (χ3v) is 5.23. The van der Waals surface area contributed by atoms with Gasteiger partial charge < -0.3 is 22.8 Å². The Balaban J connectivity index is 4.19. The van der Waals surface area contributed by atoms with Crippen LogP contribution >= 0.6 is 0 Å². The molecule has 0 unspecified atom stereocenters. The smallest absolute Gasteiger partial charge is 0.385 e. The van der Waals surface area contributed by atoms with Gasteiger partial charge in [-0.1, -0.05) is 0 Å². The Morgan fingerprint density at radius 1 is 1.00 bits per heavy atom. The molecular weight excluding hydrogens is 206 g/mol. The van der Waals surface area contributed by atoms with Gasteiger partial charge in [0.05, 0.1) is 0 Å². The van der Waals surface area contributed by atoms with Gasteiger partial charge in [0, 0.05) is 19.8 Å². The summed E-state index contributed by atoms with van der Waals surface area (Å²) in [4.78, 5) is 0. The molecule has 0 aliphatic rings. The summed E-state index contributed by atoms with van der Waals surface area (Å²) in [7, 11) is -3.92. The van der Waals surface area contributed by atoms with Crippen molar-refractivity contribution in [3.63, 3.8) is 0 Å². The van der Waals surface area contributed by atoms with Crippen molar-refractivity contribution in [2.75, 3.05) is 19.8 Å². The van der Waals surface area contributed by atoms with E-state index in [0.29, 0.717) is 19.8 Å². The predicted molar refractivity (Wildman–Crippen MR) is 54.4 cm³/mol. The molecule has 0 fully saturated rings. The molecule has 0 rings (SSSR count). The standard InChI is InChI=1S/C6H19NO4Si2/c1-4-8-13(9-5-2,10-6-3)11-12-7/h4-7,12H2,1-3H3. The second-order valence-electron chi connectivity index (χ2n) is 2.11. The molecule has 0 saturated carbocycles. The molecule has 80 valence electrons. The van der Waals surface area contributed by atoms with Crippen LogP contribution in [0.1, 0.15) is 20.8 Å². The summed E-state index contributed by atoms with van der Waals surface area (Å²) in [5.74, 6) is 0. The zero-order valence-corrected chi connectivity index (χ0v) is 11.0. The van der Waals surface area contributed by atoms with Gasteiger partial charge in [-0.25, -0.2) is 0 Å². The summed E-state index contributed by atoms with van der Waals surface area (Å²) in [6.45, 7) is 7.17. The monoisotopic (exact) mass is 225 g/mol. The first-order valence-electron chi connectivity index (χ1n) is 4.50. The fourth-order valence-corrected chi connectivity index (χ4v) is 4.01. The highest BCUT2D eigenvalue weighted by Gasteiger charge is 2.43. The number of hydrogen-bond donors (Lipinski definition) is 1. The zero-order valence-electron chi connectivity index (χ0n) is 8.54. The Kier molecular flexibility index (Phi) is 7.76. The average molecular weight is 225 g/mol. The van der Waals surface area contributed by atoms with Gasteiger partial charge in [0.15, 0.2) is 0 Å². The van der Waals surface area contributed by atoms with Crippen LogP contribution in [0, 0.1) is 0 Å². The SMILES string of the molecule is CCO[Si](OCC)(OCC)O[SiH2]N. The Morgan fingerprint density at radius 2 is 1.38 bits per heavy atom. The number of hydrogen-bond acceptors (Lipinski definition) is 5. The maximum absolute atomic E-state index is 5.42. The van der Waals surface area contributed by atoms with E-state index in [0.717, 1.165) is 0 Å². The molecule has 0 aliphatic heterocycles. The second-order valence-corrected chi connectivity index (χ2v) is 5.46. The molecule has 0 radical (unpaired) electrons. The Hall–Kier alpha value is 0.234. The van der Waals surface area contributed by atoms with Gasteiger partial charge in [0.1, 0.15) is 0 Å². The lowest BCUT2D eigenvalue weighted by Gasteiger charge is -2.26. The van der Waals surface area contributed by atoms with Gasteiger partial charge in [-0.3, -0.25) is 0 Å². The first-order valence-corrected chi connectivity index (χ1v) is 7.53. The Morgan fingerprint density at radius 3 is 1.62 bits per heavy atom. The minimum atomic E-state index is -2.86. The average Bonchev–Trinajstić information content (AvgIpc) is 2.06. The van der Waals surface area contributed by atoms with Crippen LogP contribution in [0.4, 0.5) is 0 Å². The van der Waals surface area contributed by atoms with E-state index < -0.39 is 19.0 Å². The van der Waals surface area contributed by atoms with Crippen molar-refractivity contribution in [2.24, 2.45) is 5.40 Å². The minimum absolute atomic E-state index is 0.515. The Labute approximate surface area is 83.0 Å². The first-order chi connectivity index (χ1) is 6.24. The van der Waals surface area contributed by atoms with E-state index in [1.54, 1.807) is 0 Å². The van der Waals surface area contributed by atoms with Crippen LogP contribution in [0.5, 0.6) is 0 Å². The second kappa shape index (κ2) is 7.62. The number of nitrogens with two attached hydrogens (primary N) is 1. The lowest BCUT2D eigenvalue weighted by Crippen LogP contribution is -2.51. The highest BCUT2D eigenvalue weighted by molar-refractivity contribution is 6.59. The van der Waals surface area contributed by atoms with Gasteiger partial charge in [0.2, 0.25) is 9.92 Å². The van der Waals surface area contributed by atoms with E-state index in [9.17, 15) is 0 Å². The zero-order chi connectivity index (χ0) is 10.2. The lowest BCUT2D eigenvalue weighted by molar-refractivity contribution is 0.0106. The van der Waals surface area contributed by atoms with Crippen molar-refractivity contribution in [3.8, 4) is 0 Å². The highest BCUT2D eigenvalue weighted by atomic mass is 28.4. The van der Waals surface area contributed by atoms with Gasteiger partial charge >= 0.3 is 9.05 Å². The molecule has 2 N–H and O–H groups in total. The molecule has 0 amide bonds. The third kappa shape index (κ3) is 4.86. The van der Waals surface area contributed by atoms with E-state index in [1.807, 2.05) is 20.8 Å². The van der Waals surface area contributed by atoms with Crippen molar-refractivity contribution in [1.82, 2.24) is 0 Å². The van der Waals surface area contributed by atoms with Gasteiger partial charge in [-0.15, -0.1) is 0 Å². The van der Waals surface area contributed by atoms with Crippen LogP contribution in [0.2, 0.25) is 0 Å². The van der Waals surface area contributed by atoms with Gasteiger partial charge in [-0.2, -0.15) is 0 Å². The van der Waals surface area contributed by atoms with Crippen molar-refractivity contribution in [2.45, 2.75) is 20.8 Å². The molecule has 13 heavy (non-hydrogen) atoms. The summed E-state index contributed by atoms with van der Waals surface area (Å²) in [6, 6.07) is 0. The predicted octanol–water partition coefficient (Wildman–Crippen LogP) is -0.494. The fourth-order valence-electron chi connectivity index (χ4n) is 0.882. The maximum atomic E-state index is 5.42. The largest absolute Gasteiger partial charge is 0.669 e. The van der Waals surface area contributed by atoms with Crippen molar-refractivity contribution >= 4 is 19.0 Å². The number of rotatable bonds is 8. The van der Waals surface area contributed by atoms with Crippen LogP contribution in [-0.2, 0) is 17.4 Å². The van der Waals surface area contributed by atoms with Crippen molar-refractivity contribution in [1.29, 1.82) is 0 Å². The first kappa shape index (κ1) is 13.2. The summed E-state index contributed by atoms with van der Waals surface area (Å²) < 4.78 is 21.5. The lowest BCUT2D eigenvalue weighted by atomic mass is 10.9. The molecule has 0 aromatic heterocycles. The van der Waals surface area contributed by atoms with E-state index in [-0.39, 0.29) is 0 Å². The summed E-state index contributed by atoms with van der Waals surface area (Å²) in [5.41, 5.74) is 0. The fraction of sp³-hybridized carbons (Fsp3) is 1.00. The van der Waals surface area contributed by atoms with Crippen LogP contribution in [0.25, 0.3) is 0 Å². The minimum Gasteiger partial charge on any atom is -0.385 e. The topological polar surface area (TPSA) is 62.9 Å². The van der Waals surface area contributed by atoms with Crippen LogP contribution < -0.4 is 5.40 Å². The van der Waals surface area contributed by atoms with E-state index in [4.69, 9.17) is 22.8 Å². The Bertz CT molecular complexity index is 97.7. The third-order valence-electron chi connectivity index (χ3n) is 1.22. The summed E-state index contributed by atoms with van der Waals surface area (Å²) in [6.07, 6.45) is 0. The van der Waals surface area contributed by atoms with Crippen molar-refractivity contribution in [3.05, 3.63) is 0 Å². The van der Waals surface area contributed by atoms with Crippen molar-refractivity contribution < 1.29 is 17.4 Å². The van der Waals surface area contributed by atoms with E-state index >= 15 is 0 Å². The maximum Gasteiger partial charge on any atom is 0.669 e. The van der Waals surface area contributed by atoms with Gasteiger partial charge in [0.25, 0.3) is 0 Å². The van der Waals surface area contributed by atoms with E-state index in [2.05, 4.69) is 0 Å². The molecule has 0 atom stereocenters. The molecule has 0 bridgehead atoms. The highest BCUT2D eigenvalue weighted by Crippen LogP contribution is 2.10.